The van der Waals surface area contributed by atoms with E-state index in [9.17, 15) is 14.0 Å². The number of nitrogens with one attached hydrogen (secondary N) is 2. The highest BCUT2D eigenvalue weighted by molar-refractivity contribution is 6.31. The first-order valence-electron chi connectivity index (χ1n) is 7.41. The molecule has 0 saturated heterocycles. The van der Waals surface area contributed by atoms with Gasteiger partial charge in [-0.2, -0.15) is 0 Å². The standard InChI is InChI=1S/C16H20ClFN2O3/c1-16(2,3)23-15(22)20-13(14(21)19-9-7-8-9)10-5-4-6-11(18)12(10)17/h4-6,9,13H,7-8H2,1-3H3,(H,19,21)(H,20,22). The molecule has 23 heavy (non-hydrogen) atoms. The molecule has 0 aliphatic heterocycles. The van der Waals surface area contributed by atoms with Gasteiger partial charge in [0.15, 0.2) is 0 Å². The average molecular weight is 343 g/mol. The Balaban J connectivity index is 2.22. The number of hydrogen-bond donors (Lipinski definition) is 2. The van der Waals surface area contributed by atoms with Crippen LogP contribution in [0.15, 0.2) is 18.2 Å². The molecular formula is C16H20ClFN2O3. The Morgan fingerprint density at radius 1 is 1.35 bits per heavy atom. The van der Waals surface area contributed by atoms with E-state index in [1.807, 2.05) is 0 Å². The van der Waals surface area contributed by atoms with Crippen molar-refractivity contribution in [2.45, 2.75) is 51.3 Å². The van der Waals surface area contributed by atoms with E-state index in [1.54, 1.807) is 20.8 Å². The number of alkyl carbamates (subject to hydrolysis) is 1. The molecule has 1 aromatic rings. The van der Waals surface area contributed by atoms with Crippen LogP contribution in [0.1, 0.15) is 45.2 Å². The van der Waals surface area contributed by atoms with Crippen molar-refractivity contribution < 1.29 is 18.7 Å². The van der Waals surface area contributed by atoms with Gasteiger partial charge in [-0.1, -0.05) is 23.7 Å². The zero-order chi connectivity index (χ0) is 17.2. The molecule has 2 rings (SSSR count). The molecule has 0 bridgehead atoms. The Labute approximate surface area is 139 Å². The third kappa shape index (κ3) is 5.10. The van der Waals surface area contributed by atoms with Crippen molar-refractivity contribution in [1.29, 1.82) is 0 Å². The second-order valence-electron chi connectivity index (χ2n) is 6.51. The topological polar surface area (TPSA) is 67.4 Å². The zero-order valence-electron chi connectivity index (χ0n) is 13.3. The molecule has 0 radical (unpaired) electrons. The van der Waals surface area contributed by atoms with Gasteiger partial charge in [0.2, 0.25) is 5.91 Å². The first kappa shape index (κ1) is 17.5. The monoisotopic (exact) mass is 342 g/mol. The lowest BCUT2D eigenvalue weighted by Crippen LogP contribution is -2.43. The smallest absolute Gasteiger partial charge is 0.408 e. The highest BCUT2D eigenvalue weighted by Crippen LogP contribution is 2.27. The Morgan fingerprint density at radius 3 is 2.57 bits per heavy atom. The van der Waals surface area contributed by atoms with Crippen LogP contribution in [0.3, 0.4) is 0 Å². The van der Waals surface area contributed by atoms with Crippen LogP contribution in [0.4, 0.5) is 9.18 Å². The normalized spacial score (nSPS) is 15.7. The highest BCUT2D eigenvalue weighted by atomic mass is 35.5. The molecular weight excluding hydrogens is 323 g/mol. The van der Waals surface area contributed by atoms with E-state index < -0.39 is 29.5 Å². The van der Waals surface area contributed by atoms with Gasteiger partial charge in [-0.15, -0.1) is 0 Å². The van der Waals surface area contributed by atoms with Crippen LogP contribution in [0.5, 0.6) is 0 Å². The molecule has 1 saturated carbocycles. The molecule has 1 unspecified atom stereocenters. The molecule has 0 heterocycles. The number of rotatable bonds is 4. The van der Waals surface area contributed by atoms with Gasteiger partial charge >= 0.3 is 6.09 Å². The summed E-state index contributed by atoms with van der Waals surface area (Å²) in [7, 11) is 0. The van der Waals surface area contributed by atoms with Gasteiger partial charge in [0.1, 0.15) is 17.5 Å². The number of amides is 2. The van der Waals surface area contributed by atoms with Crippen molar-refractivity contribution in [3.8, 4) is 0 Å². The lowest BCUT2D eigenvalue weighted by Gasteiger charge is -2.24. The molecule has 2 amide bonds. The van der Waals surface area contributed by atoms with Gasteiger partial charge < -0.3 is 15.4 Å². The second-order valence-corrected chi connectivity index (χ2v) is 6.88. The maximum atomic E-state index is 13.7. The summed E-state index contributed by atoms with van der Waals surface area (Å²) in [6.45, 7) is 5.13. The number of carbonyl (C=O) groups excluding carboxylic acids is 2. The molecule has 5 nitrogen and oxygen atoms in total. The Bertz CT molecular complexity index is 612. The van der Waals surface area contributed by atoms with Crippen LogP contribution in [-0.2, 0) is 9.53 Å². The van der Waals surface area contributed by atoms with Crippen LogP contribution >= 0.6 is 11.6 Å². The summed E-state index contributed by atoms with van der Waals surface area (Å²) in [5, 5.41) is 5.05. The van der Waals surface area contributed by atoms with Gasteiger partial charge in [-0.3, -0.25) is 4.79 Å². The van der Waals surface area contributed by atoms with Crippen molar-refractivity contribution >= 4 is 23.6 Å². The zero-order valence-corrected chi connectivity index (χ0v) is 14.0. The minimum absolute atomic E-state index is 0.0952. The van der Waals surface area contributed by atoms with Crippen molar-refractivity contribution in [3.05, 3.63) is 34.6 Å². The van der Waals surface area contributed by atoms with Gasteiger partial charge in [-0.25, -0.2) is 9.18 Å². The van der Waals surface area contributed by atoms with Gasteiger partial charge in [0, 0.05) is 11.6 Å². The third-order valence-electron chi connectivity index (χ3n) is 3.14. The lowest BCUT2D eigenvalue weighted by molar-refractivity contribution is -0.123. The maximum Gasteiger partial charge on any atom is 0.408 e. The van der Waals surface area contributed by atoms with Crippen molar-refractivity contribution in [1.82, 2.24) is 10.6 Å². The molecule has 1 fully saturated rings. The largest absolute Gasteiger partial charge is 0.444 e. The molecule has 126 valence electrons. The summed E-state index contributed by atoms with van der Waals surface area (Å²) in [5.41, 5.74) is -0.525. The number of ether oxygens (including phenoxy) is 1. The number of carbonyl (C=O) groups is 2. The van der Waals surface area contributed by atoms with E-state index in [-0.39, 0.29) is 16.6 Å². The molecule has 1 aliphatic rings. The summed E-state index contributed by atoms with van der Waals surface area (Å²) in [4.78, 5) is 24.4. The first-order chi connectivity index (χ1) is 10.7. The average Bonchev–Trinajstić information content (AvgIpc) is 3.21. The van der Waals surface area contributed by atoms with Crippen molar-refractivity contribution in [2.75, 3.05) is 0 Å². The highest BCUT2D eigenvalue weighted by Gasteiger charge is 2.32. The third-order valence-corrected chi connectivity index (χ3v) is 3.54. The van der Waals surface area contributed by atoms with E-state index in [1.165, 1.54) is 18.2 Å². The summed E-state index contributed by atoms with van der Waals surface area (Å²) >= 11 is 5.95. The molecule has 2 N–H and O–H groups in total. The lowest BCUT2D eigenvalue weighted by atomic mass is 10.1. The van der Waals surface area contributed by atoms with E-state index in [0.717, 1.165) is 12.8 Å². The quantitative estimate of drug-likeness (QED) is 0.882. The second kappa shape index (κ2) is 6.74. The van der Waals surface area contributed by atoms with Crippen LogP contribution in [-0.4, -0.2) is 23.6 Å². The summed E-state index contributed by atoms with van der Waals surface area (Å²) in [6, 6.07) is 3.10. The van der Waals surface area contributed by atoms with E-state index in [2.05, 4.69) is 10.6 Å². The predicted octanol–water partition coefficient (Wildman–Crippen LogP) is 3.32. The molecule has 7 heteroatoms. The molecule has 0 spiro atoms. The molecule has 1 atom stereocenters. The summed E-state index contributed by atoms with van der Waals surface area (Å²) in [6.07, 6.45) is 1.01. The van der Waals surface area contributed by atoms with Gasteiger partial charge in [0.25, 0.3) is 0 Å². The fourth-order valence-electron chi connectivity index (χ4n) is 1.97. The summed E-state index contributed by atoms with van der Waals surface area (Å²) in [5.74, 6) is -1.09. The van der Waals surface area contributed by atoms with Crippen LogP contribution in [0, 0.1) is 5.82 Å². The van der Waals surface area contributed by atoms with E-state index in [0.29, 0.717) is 0 Å². The van der Waals surface area contributed by atoms with Crippen molar-refractivity contribution in [3.63, 3.8) is 0 Å². The van der Waals surface area contributed by atoms with Crippen molar-refractivity contribution in [2.24, 2.45) is 0 Å². The predicted molar refractivity (Wildman–Crippen MR) is 84.7 cm³/mol. The maximum absolute atomic E-state index is 13.7. The molecule has 1 aliphatic carbocycles. The fraction of sp³-hybridized carbons (Fsp3) is 0.500. The van der Waals surface area contributed by atoms with Gasteiger partial charge in [0.05, 0.1) is 5.02 Å². The number of halogens is 2. The fourth-order valence-corrected chi connectivity index (χ4v) is 2.20. The number of benzene rings is 1. The Hall–Kier alpha value is -1.82. The molecule has 1 aromatic carbocycles. The van der Waals surface area contributed by atoms with Crippen LogP contribution in [0.2, 0.25) is 5.02 Å². The summed E-state index contributed by atoms with van der Waals surface area (Å²) < 4.78 is 18.8. The molecule has 0 aromatic heterocycles. The minimum atomic E-state index is -1.12. The van der Waals surface area contributed by atoms with E-state index in [4.69, 9.17) is 16.3 Å². The Morgan fingerprint density at radius 2 is 2.00 bits per heavy atom. The van der Waals surface area contributed by atoms with Crippen LogP contribution < -0.4 is 10.6 Å². The van der Waals surface area contributed by atoms with E-state index >= 15 is 0 Å². The minimum Gasteiger partial charge on any atom is -0.444 e. The van der Waals surface area contributed by atoms with Gasteiger partial charge in [-0.05, 0) is 39.7 Å². The van der Waals surface area contributed by atoms with Crippen LogP contribution in [0.25, 0.3) is 0 Å². The SMILES string of the molecule is CC(C)(C)OC(=O)NC(C(=O)NC1CC1)c1cccc(F)c1Cl. The Kier molecular flexibility index (Phi) is 5.14. The number of hydrogen-bond acceptors (Lipinski definition) is 3. The first-order valence-corrected chi connectivity index (χ1v) is 7.79.